The molecule has 6 heteroatoms. The van der Waals surface area contributed by atoms with Crippen LogP contribution in [0.1, 0.15) is 42.7 Å². The minimum atomic E-state index is -0.976. The molecule has 0 aliphatic carbocycles. The van der Waals surface area contributed by atoms with Crippen LogP contribution in [0.25, 0.3) is 0 Å². The number of benzene rings is 1. The lowest BCUT2D eigenvalue weighted by atomic mass is 10.0. The first-order valence-corrected chi connectivity index (χ1v) is 7.18. The monoisotopic (exact) mass is 307 g/mol. The molecule has 2 rings (SSSR count). The summed E-state index contributed by atoms with van der Waals surface area (Å²) in [6.07, 6.45) is -0.386. The predicted molar refractivity (Wildman–Crippen MR) is 79.9 cm³/mol. The van der Waals surface area contributed by atoms with Crippen LogP contribution in [0.4, 0.5) is 4.79 Å². The first-order chi connectivity index (χ1) is 10.3. The summed E-state index contributed by atoms with van der Waals surface area (Å²) in [5, 5.41) is 8.94. The summed E-state index contributed by atoms with van der Waals surface area (Å²) in [7, 11) is 0. The second-order valence-electron chi connectivity index (χ2n) is 6.19. The maximum absolute atomic E-state index is 12.3. The smallest absolute Gasteiger partial charge is 0.410 e. The van der Waals surface area contributed by atoms with Crippen molar-refractivity contribution in [1.29, 1.82) is 0 Å². The third-order valence-corrected chi connectivity index (χ3v) is 3.30. The molecule has 120 valence electrons. The number of aromatic carboxylic acids is 1. The molecule has 1 aliphatic heterocycles. The molecule has 0 bridgehead atoms. The predicted octanol–water partition coefficient (Wildman–Crippen LogP) is 2.69. The van der Waals surface area contributed by atoms with Gasteiger partial charge in [-0.25, -0.2) is 9.59 Å². The van der Waals surface area contributed by atoms with Gasteiger partial charge >= 0.3 is 12.1 Å². The third-order valence-electron chi connectivity index (χ3n) is 3.30. The van der Waals surface area contributed by atoms with Crippen LogP contribution in [0.15, 0.2) is 24.3 Å². The van der Waals surface area contributed by atoms with Crippen molar-refractivity contribution in [3.05, 3.63) is 35.4 Å². The lowest BCUT2D eigenvalue weighted by Gasteiger charge is -2.36. The highest BCUT2D eigenvalue weighted by Crippen LogP contribution is 2.26. The molecular formula is C16H21NO5. The summed E-state index contributed by atoms with van der Waals surface area (Å²) in [4.78, 5) is 24.9. The number of rotatable bonds is 2. The largest absolute Gasteiger partial charge is 0.478 e. The highest BCUT2D eigenvalue weighted by atomic mass is 16.6. The van der Waals surface area contributed by atoms with E-state index in [4.69, 9.17) is 14.6 Å². The fraction of sp³-hybridized carbons (Fsp3) is 0.500. The number of nitrogens with zero attached hydrogens (tertiary/aromatic N) is 1. The van der Waals surface area contributed by atoms with Crippen LogP contribution in [0.2, 0.25) is 0 Å². The number of carbonyl (C=O) groups is 2. The number of ether oxygens (including phenoxy) is 2. The van der Waals surface area contributed by atoms with Crippen molar-refractivity contribution in [2.45, 2.75) is 32.4 Å². The Morgan fingerprint density at radius 2 is 1.91 bits per heavy atom. The molecule has 1 atom stereocenters. The van der Waals surface area contributed by atoms with Crippen LogP contribution in [-0.4, -0.2) is 47.4 Å². The van der Waals surface area contributed by atoms with E-state index in [0.717, 1.165) is 5.56 Å². The van der Waals surface area contributed by atoms with Crippen LogP contribution in [0.3, 0.4) is 0 Å². The molecule has 1 heterocycles. The SMILES string of the molecule is CC(C)(C)OC(=O)N1CCOC[C@H]1c1ccc(C(=O)O)cc1. The summed E-state index contributed by atoms with van der Waals surface area (Å²) in [6.45, 7) is 6.74. The molecule has 1 N–H and O–H groups in total. The van der Waals surface area contributed by atoms with Gasteiger partial charge in [0.2, 0.25) is 0 Å². The highest BCUT2D eigenvalue weighted by Gasteiger charge is 2.32. The topological polar surface area (TPSA) is 76.1 Å². The van der Waals surface area contributed by atoms with E-state index >= 15 is 0 Å². The van der Waals surface area contributed by atoms with Crippen LogP contribution in [-0.2, 0) is 9.47 Å². The van der Waals surface area contributed by atoms with Crippen molar-refractivity contribution in [1.82, 2.24) is 4.90 Å². The Morgan fingerprint density at radius 3 is 2.45 bits per heavy atom. The molecule has 1 fully saturated rings. The standard InChI is InChI=1S/C16H21NO5/c1-16(2,3)22-15(20)17-8-9-21-10-13(17)11-4-6-12(7-5-11)14(18)19/h4-7,13H,8-10H2,1-3H3,(H,18,19)/t13-/m0/s1. The number of amides is 1. The van der Waals surface area contributed by atoms with E-state index in [2.05, 4.69) is 0 Å². The first kappa shape index (κ1) is 16.3. The van der Waals surface area contributed by atoms with Gasteiger partial charge in [-0.3, -0.25) is 4.90 Å². The van der Waals surface area contributed by atoms with Crippen molar-refractivity contribution in [3.8, 4) is 0 Å². The molecule has 1 aromatic carbocycles. The molecule has 1 aromatic rings. The molecule has 1 aliphatic rings. The van der Waals surface area contributed by atoms with Gasteiger partial charge in [-0.15, -0.1) is 0 Å². The van der Waals surface area contributed by atoms with Crippen LogP contribution < -0.4 is 0 Å². The van der Waals surface area contributed by atoms with Crippen LogP contribution in [0.5, 0.6) is 0 Å². The second-order valence-corrected chi connectivity index (χ2v) is 6.19. The molecule has 0 radical (unpaired) electrons. The van der Waals surface area contributed by atoms with Gasteiger partial charge in [-0.1, -0.05) is 12.1 Å². The van der Waals surface area contributed by atoms with E-state index in [1.807, 2.05) is 20.8 Å². The summed E-state index contributed by atoms with van der Waals surface area (Å²) >= 11 is 0. The maximum Gasteiger partial charge on any atom is 0.410 e. The lowest BCUT2D eigenvalue weighted by Crippen LogP contribution is -2.45. The molecule has 1 saturated heterocycles. The van der Waals surface area contributed by atoms with Crippen molar-refractivity contribution in [2.24, 2.45) is 0 Å². The van der Waals surface area contributed by atoms with Crippen molar-refractivity contribution >= 4 is 12.1 Å². The highest BCUT2D eigenvalue weighted by molar-refractivity contribution is 5.87. The van der Waals surface area contributed by atoms with Gasteiger partial charge in [0.1, 0.15) is 5.60 Å². The molecule has 22 heavy (non-hydrogen) atoms. The Kier molecular flexibility index (Phi) is 4.71. The Hall–Kier alpha value is -2.08. The minimum Gasteiger partial charge on any atom is -0.478 e. The van der Waals surface area contributed by atoms with E-state index < -0.39 is 11.6 Å². The molecule has 0 unspecified atom stereocenters. The fourth-order valence-electron chi connectivity index (χ4n) is 2.27. The Morgan fingerprint density at radius 1 is 1.27 bits per heavy atom. The van der Waals surface area contributed by atoms with Crippen LogP contribution in [0, 0.1) is 0 Å². The van der Waals surface area contributed by atoms with Gasteiger partial charge < -0.3 is 14.6 Å². The minimum absolute atomic E-state index is 0.212. The number of hydrogen-bond acceptors (Lipinski definition) is 4. The number of carbonyl (C=O) groups excluding carboxylic acids is 1. The molecular weight excluding hydrogens is 286 g/mol. The molecule has 6 nitrogen and oxygen atoms in total. The quantitative estimate of drug-likeness (QED) is 0.909. The van der Waals surface area contributed by atoms with Crippen molar-refractivity contribution in [3.63, 3.8) is 0 Å². The van der Waals surface area contributed by atoms with Crippen molar-refractivity contribution < 1.29 is 24.2 Å². The zero-order valence-corrected chi connectivity index (χ0v) is 13.0. The first-order valence-electron chi connectivity index (χ1n) is 7.18. The van der Waals surface area contributed by atoms with Gasteiger partial charge in [0, 0.05) is 6.54 Å². The van der Waals surface area contributed by atoms with E-state index in [9.17, 15) is 9.59 Å². The second kappa shape index (κ2) is 6.36. The summed E-state index contributed by atoms with van der Waals surface area (Å²) < 4.78 is 10.9. The van der Waals surface area contributed by atoms with Gasteiger partial charge in [-0.05, 0) is 38.5 Å². The normalized spacial score (nSPS) is 18.9. The molecule has 0 spiro atoms. The third kappa shape index (κ3) is 3.98. The fourth-order valence-corrected chi connectivity index (χ4v) is 2.27. The molecule has 0 aromatic heterocycles. The Labute approximate surface area is 129 Å². The summed E-state index contributed by atoms with van der Waals surface area (Å²) in [6, 6.07) is 6.20. The Balaban J connectivity index is 2.19. The van der Waals surface area contributed by atoms with Gasteiger partial charge in [0.15, 0.2) is 0 Å². The van der Waals surface area contributed by atoms with E-state index in [0.29, 0.717) is 19.8 Å². The van der Waals surface area contributed by atoms with E-state index in [-0.39, 0.29) is 17.7 Å². The number of hydrogen-bond donors (Lipinski definition) is 1. The maximum atomic E-state index is 12.3. The number of morpholine rings is 1. The van der Waals surface area contributed by atoms with Gasteiger partial charge in [0.05, 0.1) is 24.8 Å². The summed E-state index contributed by atoms with van der Waals surface area (Å²) in [5.41, 5.74) is 0.479. The lowest BCUT2D eigenvalue weighted by molar-refractivity contribution is -0.0331. The molecule has 1 amide bonds. The van der Waals surface area contributed by atoms with E-state index in [1.54, 1.807) is 17.0 Å². The van der Waals surface area contributed by atoms with E-state index in [1.165, 1.54) is 12.1 Å². The zero-order valence-electron chi connectivity index (χ0n) is 13.0. The average molecular weight is 307 g/mol. The van der Waals surface area contributed by atoms with Crippen molar-refractivity contribution in [2.75, 3.05) is 19.8 Å². The molecule has 0 saturated carbocycles. The number of carboxylic acid groups (broad SMARTS) is 1. The van der Waals surface area contributed by atoms with Gasteiger partial charge in [-0.2, -0.15) is 0 Å². The Bertz CT molecular complexity index is 547. The zero-order chi connectivity index (χ0) is 16.3. The average Bonchev–Trinajstić information content (AvgIpc) is 2.45. The van der Waals surface area contributed by atoms with Gasteiger partial charge in [0.25, 0.3) is 0 Å². The summed E-state index contributed by atoms with van der Waals surface area (Å²) in [5.74, 6) is -0.976. The number of carboxylic acids is 1. The van der Waals surface area contributed by atoms with Crippen LogP contribution >= 0.6 is 0 Å².